The molecular weight excluding hydrogens is 208 g/mol. The van der Waals surface area contributed by atoms with Gasteiger partial charge in [0.1, 0.15) is 0 Å². The lowest BCUT2D eigenvalue weighted by Gasteiger charge is -2.00. The topological polar surface area (TPSA) is 17.1 Å². The molecule has 17 heavy (non-hydrogen) atoms. The molecule has 0 atom stereocenters. The lowest BCUT2D eigenvalue weighted by Crippen LogP contribution is -1.87. The summed E-state index contributed by atoms with van der Waals surface area (Å²) in [6, 6.07) is 15.9. The van der Waals surface area contributed by atoms with Crippen molar-refractivity contribution in [2.24, 2.45) is 0 Å². The van der Waals surface area contributed by atoms with Crippen molar-refractivity contribution in [3.05, 3.63) is 70.8 Å². The Hall–Kier alpha value is -2.15. The number of benzene rings is 2. The van der Waals surface area contributed by atoms with Crippen molar-refractivity contribution in [2.75, 3.05) is 0 Å². The van der Waals surface area contributed by atoms with Crippen LogP contribution in [0.15, 0.2) is 48.5 Å². The molecule has 1 heteroatoms. The lowest BCUT2D eigenvalue weighted by atomic mass is 10.0. The summed E-state index contributed by atoms with van der Waals surface area (Å²) in [5, 5.41) is 0. The Morgan fingerprint density at radius 1 is 0.882 bits per heavy atom. The minimum absolute atomic E-state index is 0.734. The second-order valence-electron chi connectivity index (χ2n) is 3.99. The van der Waals surface area contributed by atoms with Crippen molar-refractivity contribution in [3.8, 4) is 0 Å². The van der Waals surface area contributed by atoms with Crippen LogP contribution in [0.4, 0.5) is 0 Å². The van der Waals surface area contributed by atoms with Crippen LogP contribution >= 0.6 is 0 Å². The minimum Gasteiger partial charge on any atom is -0.298 e. The Morgan fingerprint density at radius 2 is 1.65 bits per heavy atom. The van der Waals surface area contributed by atoms with E-state index in [-0.39, 0.29) is 0 Å². The summed E-state index contributed by atoms with van der Waals surface area (Å²) in [7, 11) is 0. The van der Waals surface area contributed by atoms with Gasteiger partial charge in [-0.25, -0.2) is 0 Å². The second-order valence-corrected chi connectivity index (χ2v) is 3.99. The lowest BCUT2D eigenvalue weighted by molar-refractivity contribution is 0.112. The maximum Gasteiger partial charge on any atom is 0.150 e. The summed E-state index contributed by atoms with van der Waals surface area (Å²) in [6.45, 7) is 1.98. The number of rotatable bonds is 3. The first-order valence-electron chi connectivity index (χ1n) is 5.58. The van der Waals surface area contributed by atoms with E-state index in [1.807, 2.05) is 67.6 Å². The van der Waals surface area contributed by atoms with E-state index in [0.717, 1.165) is 28.5 Å². The third kappa shape index (κ3) is 2.91. The number of carbonyl (C=O) groups excluding carboxylic acids is 1. The first kappa shape index (κ1) is 11.3. The van der Waals surface area contributed by atoms with Gasteiger partial charge in [-0.2, -0.15) is 0 Å². The van der Waals surface area contributed by atoms with Crippen LogP contribution in [0.3, 0.4) is 0 Å². The molecule has 0 spiro atoms. The summed E-state index contributed by atoms with van der Waals surface area (Å²) in [4.78, 5) is 11.0. The highest BCUT2D eigenvalue weighted by molar-refractivity contribution is 5.85. The molecule has 0 aromatic heterocycles. The fraction of sp³-hybridized carbons (Fsp3) is 0.0625. The van der Waals surface area contributed by atoms with E-state index in [9.17, 15) is 4.79 Å². The predicted molar refractivity (Wildman–Crippen MR) is 71.9 cm³/mol. The molecule has 0 fully saturated rings. The molecule has 0 aliphatic heterocycles. The van der Waals surface area contributed by atoms with Gasteiger partial charge in [0, 0.05) is 5.56 Å². The summed E-state index contributed by atoms with van der Waals surface area (Å²) in [5.74, 6) is 0. The molecule has 2 rings (SSSR count). The van der Waals surface area contributed by atoms with Crippen LogP contribution in [-0.2, 0) is 0 Å². The average molecular weight is 222 g/mol. The van der Waals surface area contributed by atoms with Gasteiger partial charge >= 0.3 is 0 Å². The maximum atomic E-state index is 11.0. The zero-order valence-corrected chi connectivity index (χ0v) is 9.76. The molecule has 84 valence electrons. The zero-order chi connectivity index (χ0) is 12.1. The quantitative estimate of drug-likeness (QED) is 0.567. The van der Waals surface area contributed by atoms with Crippen molar-refractivity contribution >= 4 is 18.4 Å². The maximum absolute atomic E-state index is 11.0. The molecule has 0 unspecified atom stereocenters. The molecule has 0 radical (unpaired) electrons. The minimum atomic E-state index is 0.734. The van der Waals surface area contributed by atoms with Gasteiger partial charge in [0.25, 0.3) is 0 Å². The van der Waals surface area contributed by atoms with Gasteiger partial charge < -0.3 is 0 Å². The average Bonchev–Trinajstić information content (AvgIpc) is 2.38. The van der Waals surface area contributed by atoms with Crippen LogP contribution in [0.2, 0.25) is 0 Å². The van der Waals surface area contributed by atoms with Gasteiger partial charge in [-0.15, -0.1) is 0 Å². The Balaban J connectivity index is 2.30. The Labute approximate surface area is 101 Å². The van der Waals surface area contributed by atoms with E-state index in [1.165, 1.54) is 0 Å². The van der Waals surface area contributed by atoms with E-state index in [0.29, 0.717) is 0 Å². The number of carbonyl (C=O) groups is 1. The summed E-state index contributed by atoms with van der Waals surface area (Å²) >= 11 is 0. The summed E-state index contributed by atoms with van der Waals surface area (Å²) in [5.41, 5.74) is 3.92. The van der Waals surface area contributed by atoms with Crippen LogP contribution in [0.25, 0.3) is 12.2 Å². The third-order valence-corrected chi connectivity index (χ3v) is 2.62. The Morgan fingerprint density at radius 3 is 2.35 bits per heavy atom. The van der Waals surface area contributed by atoms with Gasteiger partial charge in [0.2, 0.25) is 0 Å². The van der Waals surface area contributed by atoms with Crippen molar-refractivity contribution in [2.45, 2.75) is 6.92 Å². The molecule has 2 aromatic rings. The highest BCUT2D eigenvalue weighted by atomic mass is 16.1. The monoisotopic (exact) mass is 222 g/mol. The third-order valence-electron chi connectivity index (χ3n) is 2.62. The molecule has 0 saturated heterocycles. The highest BCUT2D eigenvalue weighted by Gasteiger charge is 1.97. The van der Waals surface area contributed by atoms with E-state index >= 15 is 0 Å². The van der Waals surface area contributed by atoms with E-state index in [4.69, 9.17) is 0 Å². The van der Waals surface area contributed by atoms with Crippen molar-refractivity contribution in [1.29, 1.82) is 0 Å². The molecule has 2 aromatic carbocycles. The van der Waals surface area contributed by atoms with Gasteiger partial charge in [-0.3, -0.25) is 4.79 Å². The van der Waals surface area contributed by atoms with E-state index in [2.05, 4.69) is 0 Å². The second kappa shape index (κ2) is 5.26. The first-order chi connectivity index (χ1) is 8.29. The molecule has 0 N–H and O–H groups in total. The summed E-state index contributed by atoms with van der Waals surface area (Å²) < 4.78 is 0. The molecule has 0 aliphatic rings. The highest BCUT2D eigenvalue weighted by Crippen LogP contribution is 2.13. The number of aryl methyl sites for hydroxylation is 1. The normalized spacial score (nSPS) is 10.6. The zero-order valence-electron chi connectivity index (χ0n) is 9.76. The standard InChI is InChI=1S/C16H14O/c1-13-7-9-15(16(11-13)12-17)10-8-14-5-3-2-4-6-14/h2-12H,1H3/b10-8+. The molecule has 0 heterocycles. The smallest absolute Gasteiger partial charge is 0.150 e. The first-order valence-corrected chi connectivity index (χ1v) is 5.58. The molecule has 1 nitrogen and oxygen atoms in total. The SMILES string of the molecule is Cc1ccc(/C=C/c2ccccc2)c(C=O)c1. The van der Waals surface area contributed by atoms with Crippen LogP contribution in [0.5, 0.6) is 0 Å². The number of hydrogen-bond donors (Lipinski definition) is 0. The molecule has 0 bridgehead atoms. The van der Waals surface area contributed by atoms with Gasteiger partial charge in [0.15, 0.2) is 6.29 Å². The fourth-order valence-corrected chi connectivity index (χ4v) is 1.70. The van der Waals surface area contributed by atoms with Gasteiger partial charge in [-0.05, 0) is 24.1 Å². The molecule has 0 aliphatic carbocycles. The van der Waals surface area contributed by atoms with Crippen LogP contribution in [-0.4, -0.2) is 6.29 Å². The fourth-order valence-electron chi connectivity index (χ4n) is 1.70. The largest absolute Gasteiger partial charge is 0.298 e. The molecular formula is C16H14O. The predicted octanol–water partition coefficient (Wildman–Crippen LogP) is 3.98. The van der Waals surface area contributed by atoms with Crippen molar-refractivity contribution in [3.63, 3.8) is 0 Å². The van der Waals surface area contributed by atoms with E-state index in [1.54, 1.807) is 0 Å². The Bertz CT molecular complexity index is 539. The van der Waals surface area contributed by atoms with Crippen LogP contribution < -0.4 is 0 Å². The Kier molecular flexibility index (Phi) is 3.51. The van der Waals surface area contributed by atoms with Crippen LogP contribution in [0.1, 0.15) is 27.0 Å². The van der Waals surface area contributed by atoms with Crippen molar-refractivity contribution in [1.82, 2.24) is 0 Å². The molecule has 0 amide bonds. The summed E-state index contributed by atoms with van der Waals surface area (Å²) in [6.07, 6.45) is 4.88. The molecule has 0 saturated carbocycles. The van der Waals surface area contributed by atoms with Crippen LogP contribution in [0, 0.1) is 6.92 Å². The van der Waals surface area contributed by atoms with Gasteiger partial charge in [-0.1, -0.05) is 60.2 Å². The number of hydrogen-bond acceptors (Lipinski definition) is 1. The number of aldehydes is 1. The van der Waals surface area contributed by atoms with Gasteiger partial charge in [0.05, 0.1) is 0 Å². The van der Waals surface area contributed by atoms with Crippen molar-refractivity contribution < 1.29 is 4.79 Å². The van der Waals surface area contributed by atoms with E-state index < -0.39 is 0 Å².